The van der Waals surface area contributed by atoms with Crippen molar-refractivity contribution in [2.24, 2.45) is 0 Å². The molecule has 0 saturated carbocycles. The lowest BCUT2D eigenvalue weighted by molar-refractivity contribution is -0.119. The predicted octanol–water partition coefficient (Wildman–Crippen LogP) is -0.377. The average Bonchev–Trinajstić information content (AvgIpc) is 2.34. The molecule has 1 amide bonds. The molecular weight excluding hydrogens is 106 g/mol. The van der Waals surface area contributed by atoms with Crippen molar-refractivity contribution in [3.8, 4) is 0 Å². The van der Waals surface area contributed by atoms with Crippen molar-refractivity contribution in [2.45, 2.75) is 18.6 Å². The molecule has 2 rings (SSSR count). The van der Waals surface area contributed by atoms with Crippen LogP contribution in [0.2, 0.25) is 0 Å². The van der Waals surface area contributed by atoms with E-state index in [1.807, 2.05) is 0 Å². The van der Waals surface area contributed by atoms with E-state index in [0.29, 0.717) is 6.42 Å². The summed E-state index contributed by atoms with van der Waals surface area (Å²) in [4.78, 5) is 10.5. The van der Waals surface area contributed by atoms with E-state index < -0.39 is 0 Å². The molecule has 1 spiro atoms. The summed E-state index contributed by atoms with van der Waals surface area (Å²) in [5.41, 5.74) is -0.183. The fraction of sp³-hybridized carbons (Fsp3) is 0.800. The van der Waals surface area contributed by atoms with Gasteiger partial charge in [-0.15, -0.1) is 0 Å². The molecule has 1 N–H and O–H groups in total. The Labute approximate surface area is 47.0 Å². The summed E-state index contributed by atoms with van der Waals surface area (Å²) in [6.07, 6.45) is 1.51. The normalized spacial score (nSPS) is 42.8. The monoisotopic (exact) mass is 113 g/mol. The van der Waals surface area contributed by atoms with Crippen molar-refractivity contribution < 1.29 is 9.53 Å². The molecule has 1 unspecified atom stereocenters. The van der Waals surface area contributed by atoms with Gasteiger partial charge < -0.3 is 10.1 Å². The van der Waals surface area contributed by atoms with Gasteiger partial charge in [0.2, 0.25) is 5.91 Å². The van der Waals surface area contributed by atoms with Gasteiger partial charge in [0.15, 0.2) is 5.72 Å². The quantitative estimate of drug-likeness (QED) is 0.435. The highest BCUT2D eigenvalue weighted by Gasteiger charge is 2.49. The number of carbonyl (C=O) groups excluding carboxylic acids is 1. The number of ether oxygens (including phenoxy) is 1. The summed E-state index contributed by atoms with van der Waals surface area (Å²) in [6, 6.07) is 0. The van der Waals surface area contributed by atoms with Crippen LogP contribution in [0.1, 0.15) is 12.8 Å². The van der Waals surface area contributed by atoms with Crippen LogP contribution in [0, 0.1) is 0 Å². The Morgan fingerprint density at radius 2 is 2.50 bits per heavy atom. The second-order valence-corrected chi connectivity index (χ2v) is 2.33. The molecule has 44 valence electrons. The lowest BCUT2D eigenvalue weighted by atomic mass is 10.2. The van der Waals surface area contributed by atoms with Crippen LogP contribution in [0.15, 0.2) is 0 Å². The summed E-state index contributed by atoms with van der Waals surface area (Å²) < 4.78 is 5.00. The van der Waals surface area contributed by atoms with E-state index in [1.165, 1.54) is 0 Å². The fourth-order valence-electron chi connectivity index (χ4n) is 0.998. The molecule has 0 aromatic heterocycles. The van der Waals surface area contributed by atoms with Gasteiger partial charge in [-0.25, -0.2) is 0 Å². The Bertz CT molecular complexity index is 139. The third kappa shape index (κ3) is 0.448. The molecule has 0 radical (unpaired) electrons. The molecule has 0 aromatic rings. The standard InChI is InChI=1S/C5H7NO2/c7-4-1-2-5(6-4)3-8-5/h1-3H2,(H,6,7). The maximum absolute atomic E-state index is 10.5. The molecule has 3 heteroatoms. The Hall–Kier alpha value is -0.570. The van der Waals surface area contributed by atoms with Crippen LogP contribution in [-0.2, 0) is 9.53 Å². The van der Waals surface area contributed by atoms with E-state index in [0.717, 1.165) is 13.0 Å². The fourth-order valence-corrected chi connectivity index (χ4v) is 0.998. The summed E-state index contributed by atoms with van der Waals surface area (Å²) >= 11 is 0. The van der Waals surface area contributed by atoms with Crippen molar-refractivity contribution >= 4 is 5.91 Å². The van der Waals surface area contributed by atoms with Crippen LogP contribution in [0.3, 0.4) is 0 Å². The average molecular weight is 113 g/mol. The van der Waals surface area contributed by atoms with E-state index >= 15 is 0 Å². The van der Waals surface area contributed by atoms with Gasteiger partial charge in [0, 0.05) is 12.8 Å². The van der Waals surface area contributed by atoms with Crippen LogP contribution in [0.4, 0.5) is 0 Å². The van der Waals surface area contributed by atoms with Crippen LogP contribution < -0.4 is 5.32 Å². The highest BCUT2D eigenvalue weighted by molar-refractivity contribution is 5.79. The highest BCUT2D eigenvalue weighted by atomic mass is 16.6. The molecule has 1 atom stereocenters. The summed E-state index contributed by atoms with van der Waals surface area (Å²) in [5.74, 6) is 0.127. The Morgan fingerprint density at radius 1 is 1.75 bits per heavy atom. The second-order valence-electron chi connectivity index (χ2n) is 2.33. The molecule has 0 aromatic carbocycles. The van der Waals surface area contributed by atoms with Gasteiger partial charge in [-0.1, -0.05) is 0 Å². The number of hydrogen-bond acceptors (Lipinski definition) is 2. The van der Waals surface area contributed by atoms with Gasteiger partial charge in [0.25, 0.3) is 0 Å². The van der Waals surface area contributed by atoms with Gasteiger partial charge in [-0.2, -0.15) is 0 Å². The summed E-state index contributed by atoms with van der Waals surface area (Å²) in [6.45, 7) is 0.721. The maximum atomic E-state index is 10.5. The number of rotatable bonds is 0. The van der Waals surface area contributed by atoms with E-state index in [2.05, 4.69) is 5.32 Å². The van der Waals surface area contributed by atoms with E-state index in [9.17, 15) is 4.79 Å². The smallest absolute Gasteiger partial charge is 0.222 e. The van der Waals surface area contributed by atoms with Crippen molar-refractivity contribution in [1.29, 1.82) is 0 Å². The third-order valence-corrected chi connectivity index (χ3v) is 1.62. The molecular formula is C5H7NO2. The molecule has 8 heavy (non-hydrogen) atoms. The van der Waals surface area contributed by atoms with Crippen LogP contribution in [0.5, 0.6) is 0 Å². The minimum Gasteiger partial charge on any atom is -0.348 e. The minimum absolute atomic E-state index is 0.127. The van der Waals surface area contributed by atoms with Gasteiger partial charge in [-0.05, 0) is 0 Å². The maximum Gasteiger partial charge on any atom is 0.222 e. The summed E-state index contributed by atoms with van der Waals surface area (Å²) in [5, 5.41) is 2.74. The highest BCUT2D eigenvalue weighted by Crippen LogP contribution is 2.32. The minimum atomic E-state index is -0.183. The first-order valence-electron chi connectivity index (χ1n) is 2.76. The Kier molecular flexibility index (Phi) is 0.568. The zero-order chi connectivity index (χ0) is 5.61. The molecule has 2 fully saturated rings. The number of carbonyl (C=O) groups is 1. The predicted molar refractivity (Wildman–Crippen MR) is 26.1 cm³/mol. The number of epoxide rings is 1. The van der Waals surface area contributed by atoms with Gasteiger partial charge in [0.1, 0.15) is 0 Å². The lowest BCUT2D eigenvalue weighted by Crippen LogP contribution is -2.28. The molecule has 2 aliphatic heterocycles. The van der Waals surface area contributed by atoms with Gasteiger partial charge in [-0.3, -0.25) is 4.79 Å². The lowest BCUT2D eigenvalue weighted by Gasteiger charge is -1.96. The van der Waals surface area contributed by atoms with Crippen molar-refractivity contribution in [3.63, 3.8) is 0 Å². The van der Waals surface area contributed by atoms with Crippen LogP contribution in [-0.4, -0.2) is 18.2 Å². The Morgan fingerprint density at radius 3 is 2.75 bits per heavy atom. The van der Waals surface area contributed by atoms with Crippen LogP contribution >= 0.6 is 0 Å². The second kappa shape index (κ2) is 1.05. The van der Waals surface area contributed by atoms with Crippen molar-refractivity contribution in [3.05, 3.63) is 0 Å². The van der Waals surface area contributed by atoms with E-state index in [4.69, 9.17) is 4.74 Å². The number of hydrogen-bond donors (Lipinski definition) is 1. The van der Waals surface area contributed by atoms with Crippen LogP contribution in [0.25, 0.3) is 0 Å². The molecule has 2 heterocycles. The first-order chi connectivity index (χ1) is 3.81. The zero-order valence-electron chi connectivity index (χ0n) is 4.44. The molecule has 0 aliphatic carbocycles. The van der Waals surface area contributed by atoms with Crippen molar-refractivity contribution in [2.75, 3.05) is 6.61 Å². The largest absolute Gasteiger partial charge is 0.348 e. The van der Waals surface area contributed by atoms with Gasteiger partial charge in [0.05, 0.1) is 6.61 Å². The topological polar surface area (TPSA) is 41.6 Å². The van der Waals surface area contributed by atoms with Crippen molar-refractivity contribution in [1.82, 2.24) is 5.32 Å². The van der Waals surface area contributed by atoms with E-state index in [-0.39, 0.29) is 11.6 Å². The van der Waals surface area contributed by atoms with Gasteiger partial charge >= 0.3 is 0 Å². The Balaban J connectivity index is 2.13. The SMILES string of the molecule is O=C1CCC2(CO2)N1. The third-order valence-electron chi connectivity index (χ3n) is 1.62. The molecule has 2 saturated heterocycles. The summed E-state index contributed by atoms with van der Waals surface area (Å²) in [7, 11) is 0. The molecule has 0 bridgehead atoms. The zero-order valence-corrected chi connectivity index (χ0v) is 4.44. The van der Waals surface area contributed by atoms with E-state index in [1.54, 1.807) is 0 Å². The molecule has 3 nitrogen and oxygen atoms in total. The molecule has 2 aliphatic rings. The first kappa shape index (κ1) is 4.32. The first-order valence-corrected chi connectivity index (χ1v) is 2.76. The number of amides is 1. The number of nitrogens with one attached hydrogen (secondary N) is 1.